The monoisotopic (exact) mass is 1450 g/mol. The Balaban J connectivity index is 5.22. The summed E-state index contributed by atoms with van der Waals surface area (Å²) in [4.78, 5) is 72.9. The van der Waals surface area contributed by atoms with Gasteiger partial charge in [-0.1, -0.05) is 369 Å². The van der Waals surface area contributed by atoms with Gasteiger partial charge in [0.25, 0.3) is 0 Å². The van der Waals surface area contributed by atoms with Crippen LogP contribution in [0.15, 0.2) is 0 Å². The normalized spacial score (nSPS) is 13.9. The highest BCUT2D eigenvalue weighted by Crippen LogP contribution is 2.45. The Morgan fingerprint density at radius 3 is 0.687 bits per heavy atom. The molecule has 588 valence electrons. The second-order valence-corrected chi connectivity index (χ2v) is 32.7. The second kappa shape index (κ2) is 71.7. The number of rotatable bonds is 79. The van der Waals surface area contributed by atoms with E-state index >= 15 is 0 Å². The first kappa shape index (κ1) is 97.1. The maximum absolute atomic E-state index is 13.1. The molecule has 0 aromatic heterocycles. The van der Waals surface area contributed by atoms with Crippen molar-refractivity contribution in [3.63, 3.8) is 0 Å². The zero-order valence-electron chi connectivity index (χ0n) is 64.8. The van der Waals surface area contributed by atoms with E-state index in [1.54, 1.807) is 0 Å². The molecule has 0 rings (SSSR count). The highest BCUT2D eigenvalue weighted by molar-refractivity contribution is 7.47. The average molecular weight is 1450 g/mol. The van der Waals surface area contributed by atoms with E-state index in [9.17, 15) is 43.2 Å². The van der Waals surface area contributed by atoms with Gasteiger partial charge in [-0.05, 0) is 37.5 Å². The number of phosphoric acid groups is 2. The van der Waals surface area contributed by atoms with Crippen LogP contribution in [0.1, 0.15) is 420 Å². The van der Waals surface area contributed by atoms with Crippen LogP contribution >= 0.6 is 15.6 Å². The Labute approximate surface area is 607 Å². The lowest BCUT2D eigenvalue weighted by Gasteiger charge is -2.21. The number of esters is 4. The molecule has 99 heavy (non-hydrogen) atoms. The lowest BCUT2D eigenvalue weighted by Crippen LogP contribution is -2.30. The third kappa shape index (κ3) is 74.1. The number of hydrogen-bond acceptors (Lipinski definition) is 15. The van der Waals surface area contributed by atoms with Crippen molar-refractivity contribution in [3.8, 4) is 0 Å². The molecule has 0 aliphatic heterocycles. The average Bonchev–Trinajstić information content (AvgIpc) is 1.02. The molecule has 0 saturated heterocycles. The summed E-state index contributed by atoms with van der Waals surface area (Å²) in [5.74, 6) is -0.667. The van der Waals surface area contributed by atoms with Gasteiger partial charge >= 0.3 is 39.5 Å². The van der Waals surface area contributed by atoms with Crippen LogP contribution in [0.5, 0.6) is 0 Å². The molecular formula is C80H156O17P2. The standard InChI is InChI=1S/C80H156O17P2/c1-7-9-11-13-15-17-19-21-23-25-26-28-30-32-36-40-44-52-58-64-79(84)96-75(68-90-77(82)62-56-50-43-39-35-31-29-27-24-22-20-18-16-14-12-10-8-2)70-94-98(86,87)92-66-74(81)67-93-99(88,89)95-71-76(69-91-78(83)63-57-51-47-46-49-55-61-73(5)6)97-80(85)65-59-53-45-41-37-33-34-38-42-48-54-60-72(3)4/h72-76,81H,7-71H2,1-6H3,(H,86,87)(H,88,89)/t74-,75-,76-/m1/s1. The van der Waals surface area contributed by atoms with Crippen LogP contribution in [0.25, 0.3) is 0 Å². The molecule has 0 heterocycles. The predicted molar refractivity (Wildman–Crippen MR) is 405 cm³/mol. The molecule has 0 amide bonds. The summed E-state index contributed by atoms with van der Waals surface area (Å²) in [7, 11) is -9.92. The minimum Gasteiger partial charge on any atom is -0.462 e. The summed E-state index contributed by atoms with van der Waals surface area (Å²) in [6, 6.07) is 0. The highest BCUT2D eigenvalue weighted by atomic mass is 31.2. The fraction of sp³-hybridized carbons (Fsp3) is 0.950. The van der Waals surface area contributed by atoms with Crippen LogP contribution in [0.2, 0.25) is 0 Å². The molecule has 19 heteroatoms. The largest absolute Gasteiger partial charge is 0.472 e. The minimum absolute atomic E-state index is 0.106. The first-order chi connectivity index (χ1) is 47.9. The smallest absolute Gasteiger partial charge is 0.462 e. The maximum atomic E-state index is 13.1. The summed E-state index contributed by atoms with van der Waals surface area (Å²) >= 11 is 0. The molecule has 0 saturated carbocycles. The Bertz CT molecular complexity index is 1910. The van der Waals surface area contributed by atoms with Crippen LogP contribution in [-0.4, -0.2) is 96.7 Å². The molecule has 0 radical (unpaired) electrons. The van der Waals surface area contributed by atoms with E-state index in [2.05, 4.69) is 41.5 Å². The van der Waals surface area contributed by atoms with Gasteiger partial charge in [0.05, 0.1) is 26.4 Å². The summed E-state index contributed by atoms with van der Waals surface area (Å²) in [5.41, 5.74) is 0. The molecule has 3 N–H and O–H groups in total. The van der Waals surface area contributed by atoms with Crippen LogP contribution in [0.3, 0.4) is 0 Å². The van der Waals surface area contributed by atoms with Gasteiger partial charge in [0.2, 0.25) is 0 Å². The fourth-order valence-electron chi connectivity index (χ4n) is 12.4. The molecule has 2 unspecified atom stereocenters. The topological polar surface area (TPSA) is 237 Å². The molecule has 0 bridgehead atoms. The summed E-state index contributed by atoms with van der Waals surface area (Å²) in [5, 5.41) is 10.6. The van der Waals surface area contributed by atoms with Crippen molar-refractivity contribution in [1.29, 1.82) is 0 Å². The molecule has 0 aliphatic carbocycles. The van der Waals surface area contributed by atoms with Crippen molar-refractivity contribution in [2.24, 2.45) is 11.8 Å². The van der Waals surface area contributed by atoms with Gasteiger partial charge in [0.15, 0.2) is 12.2 Å². The first-order valence-corrected chi connectivity index (χ1v) is 44.5. The molecule has 0 aliphatic rings. The van der Waals surface area contributed by atoms with Gasteiger partial charge < -0.3 is 33.8 Å². The van der Waals surface area contributed by atoms with Crippen LogP contribution < -0.4 is 0 Å². The van der Waals surface area contributed by atoms with E-state index in [4.69, 9.17) is 37.0 Å². The zero-order valence-corrected chi connectivity index (χ0v) is 66.6. The lowest BCUT2D eigenvalue weighted by atomic mass is 10.0. The quantitative estimate of drug-likeness (QED) is 0.0222. The Morgan fingerprint density at radius 1 is 0.273 bits per heavy atom. The highest BCUT2D eigenvalue weighted by Gasteiger charge is 2.30. The van der Waals surface area contributed by atoms with Gasteiger partial charge in [-0.2, -0.15) is 0 Å². The minimum atomic E-state index is -4.96. The molecular weight excluding hydrogens is 1290 g/mol. The summed E-state index contributed by atoms with van der Waals surface area (Å²) < 4.78 is 68.6. The molecule has 5 atom stereocenters. The van der Waals surface area contributed by atoms with E-state index in [1.807, 2.05) is 0 Å². The lowest BCUT2D eigenvalue weighted by molar-refractivity contribution is -0.161. The SMILES string of the molecule is CCCCCCCCCCCCCCCCCCCCCC(=O)O[C@H](COC(=O)CCCCCCCCCCCCCCCCCCC)COP(=O)(O)OC[C@@H](O)COP(=O)(O)OC[C@@H](COC(=O)CCCCCCCCC(C)C)OC(=O)CCCCCCCCCCCCCC(C)C. The summed E-state index contributed by atoms with van der Waals surface area (Å²) in [6.07, 6.45) is 61.3. The van der Waals surface area contributed by atoms with Gasteiger partial charge in [-0.25, -0.2) is 9.13 Å². The number of aliphatic hydroxyl groups is 1. The number of carbonyl (C=O) groups is 4. The van der Waals surface area contributed by atoms with Crippen molar-refractivity contribution >= 4 is 39.5 Å². The fourth-order valence-corrected chi connectivity index (χ4v) is 13.9. The van der Waals surface area contributed by atoms with Gasteiger partial charge in [0.1, 0.15) is 19.3 Å². The van der Waals surface area contributed by atoms with Gasteiger partial charge in [-0.3, -0.25) is 37.3 Å². The molecule has 0 spiro atoms. The van der Waals surface area contributed by atoms with Crippen LogP contribution in [0.4, 0.5) is 0 Å². The Hall–Kier alpha value is -1.94. The summed E-state index contributed by atoms with van der Waals surface area (Å²) in [6.45, 7) is 9.55. The van der Waals surface area contributed by atoms with Crippen molar-refractivity contribution in [2.45, 2.75) is 439 Å². The third-order valence-corrected chi connectivity index (χ3v) is 20.6. The number of ether oxygens (including phenoxy) is 4. The van der Waals surface area contributed by atoms with Gasteiger partial charge in [0, 0.05) is 25.7 Å². The molecule has 0 aromatic rings. The third-order valence-electron chi connectivity index (χ3n) is 18.7. The number of carbonyl (C=O) groups excluding carboxylic acids is 4. The molecule has 17 nitrogen and oxygen atoms in total. The van der Waals surface area contributed by atoms with E-state index in [-0.39, 0.29) is 25.7 Å². The van der Waals surface area contributed by atoms with E-state index in [1.165, 1.54) is 231 Å². The van der Waals surface area contributed by atoms with Crippen LogP contribution in [0, 0.1) is 11.8 Å². The predicted octanol–water partition coefficient (Wildman–Crippen LogP) is 23.9. The first-order valence-electron chi connectivity index (χ1n) is 41.5. The van der Waals surface area contributed by atoms with E-state index < -0.39 is 97.5 Å². The number of phosphoric ester groups is 2. The Morgan fingerprint density at radius 2 is 0.465 bits per heavy atom. The van der Waals surface area contributed by atoms with Crippen molar-refractivity contribution in [1.82, 2.24) is 0 Å². The molecule has 0 aromatic carbocycles. The number of unbranched alkanes of at least 4 members (excludes halogenated alkanes) is 49. The molecule has 0 fully saturated rings. The van der Waals surface area contributed by atoms with Crippen LogP contribution in [-0.2, 0) is 65.4 Å². The van der Waals surface area contributed by atoms with Crippen molar-refractivity contribution in [3.05, 3.63) is 0 Å². The van der Waals surface area contributed by atoms with Crippen molar-refractivity contribution in [2.75, 3.05) is 39.6 Å². The van der Waals surface area contributed by atoms with E-state index in [0.29, 0.717) is 31.6 Å². The number of aliphatic hydroxyl groups excluding tert-OH is 1. The Kier molecular flexibility index (Phi) is 70.3. The van der Waals surface area contributed by atoms with Gasteiger partial charge in [-0.15, -0.1) is 0 Å². The van der Waals surface area contributed by atoms with E-state index in [0.717, 1.165) is 102 Å². The maximum Gasteiger partial charge on any atom is 0.472 e. The second-order valence-electron chi connectivity index (χ2n) is 29.8. The van der Waals surface area contributed by atoms with Crippen molar-refractivity contribution < 1.29 is 80.2 Å². The zero-order chi connectivity index (χ0) is 72.8. The number of hydrogen-bond donors (Lipinski definition) is 3.